The number of rotatable bonds is 5. The molecule has 0 radical (unpaired) electrons. The quantitative estimate of drug-likeness (QED) is 0.440. The Morgan fingerprint density at radius 2 is 2.08 bits per heavy atom. The van der Waals surface area contributed by atoms with Crippen molar-refractivity contribution in [3.8, 4) is 0 Å². The first-order valence-electron chi connectivity index (χ1n) is 9.05. The van der Waals surface area contributed by atoms with E-state index in [0.717, 1.165) is 61.4 Å². The second-order valence-corrected chi connectivity index (χ2v) is 8.64. The predicted octanol–water partition coefficient (Wildman–Crippen LogP) is 2.67. The fraction of sp³-hybridized carbons (Fsp3) is 0.611. The Morgan fingerprint density at radius 1 is 1.27 bits per heavy atom. The summed E-state index contributed by atoms with van der Waals surface area (Å²) in [5, 5.41) is 2.10. The molecule has 3 heterocycles. The van der Waals surface area contributed by atoms with E-state index in [-0.39, 0.29) is 11.7 Å². The van der Waals surface area contributed by atoms with Crippen LogP contribution in [0.4, 0.5) is 0 Å². The highest BCUT2D eigenvalue weighted by atomic mass is 32.2. The number of esters is 1. The van der Waals surface area contributed by atoms with Crippen LogP contribution in [0.5, 0.6) is 0 Å². The van der Waals surface area contributed by atoms with Gasteiger partial charge in [-0.05, 0) is 31.2 Å². The molecule has 6 nitrogen and oxygen atoms in total. The Balaban J connectivity index is 1.68. The van der Waals surface area contributed by atoms with Gasteiger partial charge in [-0.15, -0.1) is 11.3 Å². The molecule has 1 fully saturated rings. The van der Waals surface area contributed by atoms with Gasteiger partial charge in [-0.3, -0.25) is 9.69 Å². The number of hydrogen-bond donors (Lipinski definition) is 0. The van der Waals surface area contributed by atoms with Crippen LogP contribution < -0.4 is 0 Å². The molecule has 0 N–H and O–H groups in total. The number of thioether (sulfide) groups is 1. The highest BCUT2D eigenvalue weighted by molar-refractivity contribution is 8.00. The zero-order valence-electron chi connectivity index (χ0n) is 15.0. The monoisotopic (exact) mass is 393 g/mol. The number of hydrogen-bond acceptors (Lipinski definition) is 8. The van der Waals surface area contributed by atoms with Gasteiger partial charge in [0, 0.05) is 23.4 Å². The lowest BCUT2D eigenvalue weighted by molar-refractivity contribution is -0.137. The molecule has 140 valence electrons. The normalized spacial score (nSPS) is 18.0. The van der Waals surface area contributed by atoms with Crippen molar-refractivity contribution in [1.29, 1.82) is 0 Å². The van der Waals surface area contributed by atoms with Crippen LogP contribution >= 0.6 is 23.1 Å². The molecule has 4 rings (SSSR count). The molecule has 2 aliphatic rings. The Morgan fingerprint density at radius 3 is 2.88 bits per heavy atom. The predicted molar refractivity (Wildman–Crippen MR) is 103 cm³/mol. The molecule has 26 heavy (non-hydrogen) atoms. The lowest BCUT2D eigenvalue weighted by Gasteiger charge is -2.25. The van der Waals surface area contributed by atoms with Crippen LogP contribution in [0.3, 0.4) is 0 Å². The van der Waals surface area contributed by atoms with Crippen molar-refractivity contribution >= 4 is 39.3 Å². The summed E-state index contributed by atoms with van der Waals surface area (Å²) >= 11 is 3.28. The summed E-state index contributed by atoms with van der Waals surface area (Å²) in [7, 11) is 1.43. The molecular formula is C18H23N3O3S2. The van der Waals surface area contributed by atoms with Crippen molar-refractivity contribution in [1.82, 2.24) is 14.9 Å². The Hall–Kier alpha value is -1.22. The number of morpholine rings is 1. The van der Waals surface area contributed by atoms with Crippen molar-refractivity contribution in [2.75, 3.05) is 39.2 Å². The molecule has 0 bridgehead atoms. The highest BCUT2D eigenvalue weighted by Gasteiger charge is 2.23. The van der Waals surface area contributed by atoms with Crippen LogP contribution in [0.25, 0.3) is 10.2 Å². The molecule has 8 heteroatoms. The third-order valence-electron chi connectivity index (χ3n) is 4.85. The van der Waals surface area contributed by atoms with Gasteiger partial charge in [0.2, 0.25) is 0 Å². The van der Waals surface area contributed by atoms with E-state index in [1.807, 2.05) is 0 Å². The summed E-state index contributed by atoms with van der Waals surface area (Å²) in [5.74, 6) is 0.899. The number of aromatic nitrogens is 2. The molecule has 0 amide bonds. The van der Waals surface area contributed by atoms with Crippen molar-refractivity contribution in [2.24, 2.45) is 0 Å². The van der Waals surface area contributed by atoms with Gasteiger partial charge in [0.05, 0.1) is 32.6 Å². The number of carbonyl (C=O) groups excluding carboxylic acids is 1. The standard InChI is InChI=1S/C18H23N3O3S2/c1-23-15(22)11-25-17-16-12-4-2-3-5-13(12)26-18(16)20-14(19-17)10-21-6-8-24-9-7-21/h2-11H2,1H3. The van der Waals surface area contributed by atoms with E-state index in [2.05, 4.69) is 4.90 Å². The molecule has 0 aromatic carbocycles. The van der Waals surface area contributed by atoms with Crippen LogP contribution in [0.15, 0.2) is 5.03 Å². The second-order valence-electron chi connectivity index (χ2n) is 6.59. The molecule has 1 saturated heterocycles. The SMILES string of the molecule is COC(=O)CSc1nc(CN2CCOCC2)nc2sc3c(c12)CCCC3. The first-order chi connectivity index (χ1) is 12.7. The maximum atomic E-state index is 11.6. The van der Waals surface area contributed by atoms with E-state index in [4.69, 9.17) is 19.4 Å². The summed E-state index contributed by atoms with van der Waals surface area (Å²) in [4.78, 5) is 26.2. The van der Waals surface area contributed by atoms with Crippen molar-refractivity contribution in [2.45, 2.75) is 37.3 Å². The molecule has 1 aliphatic heterocycles. The molecular weight excluding hydrogens is 370 g/mol. The maximum absolute atomic E-state index is 11.6. The zero-order chi connectivity index (χ0) is 17.9. The summed E-state index contributed by atoms with van der Waals surface area (Å²) in [6, 6.07) is 0. The fourth-order valence-corrected chi connectivity index (χ4v) is 5.74. The molecule has 0 atom stereocenters. The number of fused-ring (bicyclic) bond motifs is 3. The molecule has 1 aliphatic carbocycles. The average molecular weight is 394 g/mol. The topological polar surface area (TPSA) is 64.5 Å². The summed E-state index contributed by atoms with van der Waals surface area (Å²) < 4.78 is 10.2. The van der Waals surface area contributed by atoms with Gasteiger partial charge in [0.25, 0.3) is 0 Å². The van der Waals surface area contributed by atoms with Crippen LogP contribution in [0.1, 0.15) is 29.1 Å². The van der Waals surface area contributed by atoms with Crippen LogP contribution in [-0.2, 0) is 33.7 Å². The number of carbonyl (C=O) groups is 1. The first-order valence-corrected chi connectivity index (χ1v) is 10.9. The van der Waals surface area contributed by atoms with Gasteiger partial charge in [-0.1, -0.05) is 11.8 Å². The number of methoxy groups -OCH3 is 1. The van der Waals surface area contributed by atoms with Gasteiger partial charge in [-0.25, -0.2) is 9.97 Å². The minimum Gasteiger partial charge on any atom is -0.468 e. The fourth-order valence-electron chi connectivity index (χ4n) is 3.49. The average Bonchev–Trinajstić information content (AvgIpc) is 3.05. The van der Waals surface area contributed by atoms with Gasteiger partial charge in [0.1, 0.15) is 15.7 Å². The second kappa shape index (κ2) is 8.21. The first kappa shape index (κ1) is 18.2. The van der Waals surface area contributed by atoms with Crippen molar-refractivity contribution in [3.63, 3.8) is 0 Å². The van der Waals surface area contributed by atoms with E-state index in [1.54, 1.807) is 11.3 Å². The smallest absolute Gasteiger partial charge is 0.316 e. The molecule has 0 saturated carbocycles. The Labute approximate surface area is 161 Å². The lowest BCUT2D eigenvalue weighted by Crippen LogP contribution is -2.36. The summed E-state index contributed by atoms with van der Waals surface area (Å²) in [5.41, 5.74) is 1.40. The number of aryl methyl sites for hydroxylation is 2. The highest BCUT2D eigenvalue weighted by Crippen LogP contribution is 2.39. The lowest BCUT2D eigenvalue weighted by atomic mass is 9.97. The number of ether oxygens (including phenoxy) is 2. The van der Waals surface area contributed by atoms with E-state index in [1.165, 1.54) is 47.5 Å². The van der Waals surface area contributed by atoms with Crippen molar-refractivity contribution in [3.05, 3.63) is 16.3 Å². The zero-order valence-corrected chi connectivity index (χ0v) is 16.6. The molecule has 2 aromatic heterocycles. The molecule has 0 spiro atoms. The van der Waals surface area contributed by atoms with E-state index in [9.17, 15) is 4.79 Å². The van der Waals surface area contributed by atoms with Gasteiger partial charge in [0.15, 0.2) is 0 Å². The molecule has 2 aromatic rings. The van der Waals surface area contributed by atoms with E-state index in [0.29, 0.717) is 0 Å². The van der Waals surface area contributed by atoms with Crippen LogP contribution in [0, 0.1) is 0 Å². The Bertz CT molecular complexity index is 803. The largest absolute Gasteiger partial charge is 0.468 e. The van der Waals surface area contributed by atoms with E-state index < -0.39 is 0 Å². The third-order valence-corrected chi connectivity index (χ3v) is 6.99. The minimum absolute atomic E-state index is 0.222. The van der Waals surface area contributed by atoms with Gasteiger partial charge >= 0.3 is 5.97 Å². The number of nitrogens with zero attached hydrogens (tertiary/aromatic N) is 3. The van der Waals surface area contributed by atoms with Gasteiger partial charge in [-0.2, -0.15) is 0 Å². The maximum Gasteiger partial charge on any atom is 0.316 e. The van der Waals surface area contributed by atoms with Crippen molar-refractivity contribution < 1.29 is 14.3 Å². The minimum atomic E-state index is -0.222. The van der Waals surface area contributed by atoms with Crippen LogP contribution in [0.2, 0.25) is 0 Å². The number of thiophene rings is 1. The summed E-state index contributed by atoms with van der Waals surface area (Å²) in [6.45, 7) is 4.08. The Kier molecular flexibility index (Phi) is 5.73. The molecule has 0 unspecified atom stereocenters. The van der Waals surface area contributed by atoms with E-state index >= 15 is 0 Å². The summed E-state index contributed by atoms with van der Waals surface area (Å²) in [6.07, 6.45) is 4.69. The van der Waals surface area contributed by atoms with Gasteiger partial charge < -0.3 is 9.47 Å². The third kappa shape index (κ3) is 3.88. The van der Waals surface area contributed by atoms with Crippen LogP contribution in [-0.4, -0.2) is 60.0 Å².